The topological polar surface area (TPSA) is 117 Å². The third-order valence-electron chi connectivity index (χ3n) is 6.57. The molecular formula is C27H25N3O6S2. The number of methoxy groups -OCH3 is 2. The van der Waals surface area contributed by atoms with Crippen molar-refractivity contribution in [3.63, 3.8) is 0 Å². The van der Waals surface area contributed by atoms with Crippen LogP contribution in [0, 0.1) is 6.92 Å². The van der Waals surface area contributed by atoms with E-state index in [-0.39, 0.29) is 27.5 Å². The fourth-order valence-electron chi connectivity index (χ4n) is 4.74. The molecule has 11 heteroatoms. The molecule has 5 rings (SSSR count). The van der Waals surface area contributed by atoms with E-state index in [1.165, 1.54) is 23.7 Å². The smallest absolute Gasteiger partial charge is 0.348 e. The second-order valence-electron chi connectivity index (χ2n) is 8.88. The minimum atomic E-state index is -0.695. The van der Waals surface area contributed by atoms with Crippen LogP contribution in [0.2, 0.25) is 0 Å². The van der Waals surface area contributed by atoms with E-state index in [9.17, 15) is 19.2 Å². The summed E-state index contributed by atoms with van der Waals surface area (Å²) in [5, 5.41) is 3.44. The van der Waals surface area contributed by atoms with Gasteiger partial charge >= 0.3 is 11.9 Å². The number of carbonyl (C=O) groups excluding carboxylic acids is 3. The predicted molar refractivity (Wildman–Crippen MR) is 146 cm³/mol. The summed E-state index contributed by atoms with van der Waals surface area (Å²) in [6, 6.07) is 9.25. The molecule has 4 aromatic rings. The number of amides is 1. The van der Waals surface area contributed by atoms with Crippen LogP contribution in [0.5, 0.6) is 0 Å². The quantitative estimate of drug-likeness (QED) is 0.349. The molecule has 0 unspecified atom stereocenters. The molecule has 0 saturated heterocycles. The molecule has 1 N–H and O–H groups in total. The van der Waals surface area contributed by atoms with Crippen LogP contribution in [0.25, 0.3) is 21.6 Å². The van der Waals surface area contributed by atoms with Gasteiger partial charge in [0.15, 0.2) is 0 Å². The number of nitrogens with zero attached hydrogens (tertiary/aromatic N) is 2. The molecule has 3 aromatic heterocycles. The highest BCUT2D eigenvalue weighted by Crippen LogP contribution is 2.36. The van der Waals surface area contributed by atoms with Crippen molar-refractivity contribution in [1.82, 2.24) is 9.55 Å². The third kappa shape index (κ3) is 4.52. The van der Waals surface area contributed by atoms with E-state index < -0.39 is 17.8 Å². The Kier molecular flexibility index (Phi) is 7.13. The van der Waals surface area contributed by atoms with Gasteiger partial charge in [-0.05, 0) is 43.7 Å². The van der Waals surface area contributed by atoms with Crippen LogP contribution >= 0.6 is 22.7 Å². The van der Waals surface area contributed by atoms with E-state index in [0.29, 0.717) is 27.2 Å². The Bertz CT molecular complexity index is 1630. The Morgan fingerprint density at radius 2 is 1.74 bits per heavy atom. The summed E-state index contributed by atoms with van der Waals surface area (Å²) >= 11 is 2.47. The number of hydrogen-bond acceptors (Lipinski definition) is 9. The summed E-state index contributed by atoms with van der Waals surface area (Å²) in [5.41, 5.74) is 1.89. The molecule has 0 atom stereocenters. The molecule has 0 spiro atoms. The van der Waals surface area contributed by atoms with Crippen molar-refractivity contribution in [2.75, 3.05) is 19.5 Å². The van der Waals surface area contributed by atoms with Crippen molar-refractivity contribution in [2.45, 2.75) is 39.2 Å². The maximum Gasteiger partial charge on any atom is 0.348 e. The Hall–Kier alpha value is -3.83. The zero-order chi connectivity index (χ0) is 27.0. The van der Waals surface area contributed by atoms with Gasteiger partial charge < -0.3 is 14.8 Å². The van der Waals surface area contributed by atoms with E-state index in [4.69, 9.17) is 14.5 Å². The fraction of sp³-hybridized carbons (Fsp3) is 0.296. The minimum absolute atomic E-state index is 0.0716. The summed E-state index contributed by atoms with van der Waals surface area (Å²) in [7, 11) is 2.46. The van der Waals surface area contributed by atoms with Crippen molar-refractivity contribution in [1.29, 1.82) is 0 Å². The van der Waals surface area contributed by atoms with Crippen molar-refractivity contribution < 1.29 is 23.9 Å². The van der Waals surface area contributed by atoms with Crippen molar-refractivity contribution in [2.24, 2.45) is 0 Å². The van der Waals surface area contributed by atoms with Crippen LogP contribution < -0.4 is 10.9 Å². The number of rotatable bonds is 6. The first-order valence-electron chi connectivity index (χ1n) is 12.0. The number of thiophene rings is 2. The number of hydrogen-bond donors (Lipinski definition) is 1. The molecule has 3 heterocycles. The van der Waals surface area contributed by atoms with Crippen molar-refractivity contribution in [3.05, 3.63) is 67.1 Å². The molecule has 38 heavy (non-hydrogen) atoms. The van der Waals surface area contributed by atoms with Crippen LogP contribution in [0.4, 0.5) is 5.00 Å². The number of nitrogens with one attached hydrogen (secondary N) is 1. The SMILES string of the molecule is COC(=O)c1sc(NC(=O)Cn2c(-c3ccccc3)nc3sc4c(c3c2=O)CCCC4)c(C(=O)OC)c1C. The molecular weight excluding hydrogens is 526 g/mol. The lowest BCUT2D eigenvalue weighted by atomic mass is 9.97. The average Bonchev–Trinajstić information content (AvgIpc) is 3.46. The molecule has 9 nitrogen and oxygen atoms in total. The van der Waals surface area contributed by atoms with Gasteiger partial charge in [-0.15, -0.1) is 22.7 Å². The monoisotopic (exact) mass is 551 g/mol. The normalized spacial score (nSPS) is 12.7. The molecule has 0 fully saturated rings. The summed E-state index contributed by atoms with van der Waals surface area (Å²) < 4.78 is 11.1. The number of ether oxygens (including phenoxy) is 2. The number of fused-ring (bicyclic) bond motifs is 3. The van der Waals surface area contributed by atoms with Crippen LogP contribution in [0.1, 0.15) is 48.9 Å². The van der Waals surface area contributed by atoms with Gasteiger partial charge in [-0.2, -0.15) is 0 Å². The van der Waals surface area contributed by atoms with Gasteiger partial charge in [0.1, 0.15) is 27.1 Å². The highest BCUT2D eigenvalue weighted by atomic mass is 32.1. The Labute approximate surface area is 226 Å². The lowest BCUT2D eigenvalue weighted by Gasteiger charge is -2.14. The highest BCUT2D eigenvalue weighted by molar-refractivity contribution is 7.19. The number of esters is 2. The molecule has 1 aromatic carbocycles. The maximum absolute atomic E-state index is 13.9. The highest BCUT2D eigenvalue weighted by Gasteiger charge is 2.28. The van der Waals surface area contributed by atoms with Crippen LogP contribution in [-0.2, 0) is 33.7 Å². The third-order valence-corrected chi connectivity index (χ3v) is 8.94. The number of benzene rings is 1. The summed E-state index contributed by atoms with van der Waals surface area (Å²) in [5.74, 6) is -1.48. The van der Waals surface area contributed by atoms with Gasteiger partial charge in [0.25, 0.3) is 5.56 Å². The van der Waals surface area contributed by atoms with Crippen molar-refractivity contribution in [3.8, 4) is 11.4 Å². The van der Waals surface area contributed by atoms with E-state index in [1.807, 2.05) is 30.3 Å². The van der Waals surface area contributed by atoms with Gasteiger partial charge in [-0.25, -0.2) is 14.6 Å². The zero-order valence-electron chi connectivity index (χ0n) is 21.1. The van der Waals surface area contributed by atoms with Gasteiger partial charge in [-0.3, -0.25) is 14.2 Å². The van der Waals surface area contributed by atoms with Crippen LogP contribution in [0.15, 0.2) is 35.1 Å². The number of aryl methyl sites for hydroxylation is 2. The molecule has 0 saturated carbocycles. The Morgan fingerprint density at radius 3 is 2.45 bits per heavy atom. The lowest BCUT2D eigenvalue weighted by molar-refractivity contribution is -0.116. The number of carbonyl (C=O) groups is 3. The fourth-order valence-corrected chi connectivity index (χ4v) is 7.12. The summed E-state index contributed by atoms with van der Waals surface area (Å²) in [4.78, 5) is 58.8. The predicted octanol–water partition coefficient (Wildman–Crippen LogP) is 4.59. The lowest BCUT2D eigenvalue weighted by Crippen LogP contribution is -2.30. The average molecular weight is 552 g/mol. The van der Waals surface area contributed by atoms with E-state index in [1.54, 1.807) is 18.3 Å². The van der Waals surface area contributed by atoms with Crippen molar-refractivity contribution >= 4 is 55.7 Å². The first-order chi connectivity index (χ1) is 18.3. The molecule has 0 radical (unpaired) electrons. The zero-order valence-corrected chi connectivity index (χ0v) is 22.7. The van der Waals surface area contributed by atoms with E-state index >= 15 is 0 Å². The van der Waals surface area contributed by atoms with Crippen LogP contribution in [0.3, 0.4) is 0 Å². The molecule has 1 aliphatic rings. The van der Waals surface area contributed by atoms with Gasteiger partial charge in [0.2, 0.25) is 5.91 Å². The first kappa shape index (κ1) is 25.8. The second-order valence-corrected chi connectivity index (χ2v) is 11.0. The van der Waals surface area contributed by atoms with E-state index in [0.717, 1.165) is 42.6 Å². The Balaban J connectivity index is 1.58. The Morgan fingerprint density at radius 1 is 1.03 bits per heavy atom. The van der Waals surface area contributed by atoms with Crippen LogP contribution in [-0.4, -0.2) is 41.6 Å². The second kappa shape index (κ2) is 10.5. The largest absolute Gasteiger partial charge is 0.465 e. The van der Waals surface area contributed by atoms with E-state index in [2.05, 4.69) is 5.32 Å². The van der Waals surface area contributed by atoms with Gasteiger partial charge in [-0.1, -0.05) is 30.3 Å². The maximum atomic E-state index is 13.9. The molecule has 0 aliphatic heterocycles. The molecule has 196 valence electrons. The number of anilines is 1. The summed E-state index contributed by atoms with van der Waals surface area (Å²) in [6.45, 7) is 1.25. The summed E-state index contributed by atoms with van der Waals surface area (Å²) in [6.07, 6.45) is 3.83. The molecule has 0 bridgehead atoms. The number of aromatic nitrogens is 2. The minimum Gasteiger partial charge on any atom is -0.465 e. The molecule has 1 amide bonds. The van der Waals surface area contributed by atoms with Gasteiger partial charge in [0, 0.05) is 10.4 Å². The molecule has 1 aliphatic carbocycles. The standard InChI is InChI=1S/C27H25N3O6S2/c1-14-19(26(33)35-2)23(38-21(14)27(34)36-3)28-18(31)13-30-22(15-9-5-4-6-10-15)29-24-20(25(30)32)16-11-7-8-12-17(16)37-24/h4-6,9-10H,7-8,11-13H2,1-3H3,(H,28,31). The van der Waals surface area contributed by atoms with Gasteiger partial charge in [0.05, 0.1) is 25.2 Å². The first-order valence-corrected chi connectivity index (χ1v) is 13.7.